The maximum Gasteiger partial charge on any atom is 0.274 e. The summed E-state index contributed by atoms with van der Waals surface area (Å²) in [5, 5.41) is 11.5. The maximum atomic E-state index is 11.7. The number of hydrogen-bond donors (Lipinski definition) is 4. The minimum atomic E-state index is -0.626. The van der Waals surface area contributed by atoms with Gasteiger partial charge in [0.05, 0.1) is 11.4 Å². The highest BCUT2D eigenvalue weighted by Gasteiger charge is 2.20. The first-order valence-corrected chi connectivity index (χ1v) is 5.36. The van der Waals surface area contributed by atoms with Gasteiger partial charge in [0.1, 0.15) is 6.04 Å². The molecule has 7 heteroatoms. The SMILES string of the molecule is CCNC(=O)C(C)NC(=O)c1n[nH]c(C)c1N. The smallest absolute Gasteiger partial charge is 0.274 e. The molecule has 0 aromatic carbocycles. The monoisotopic (exact) mass is 239 g/mol. The topological polar surface area (TPSA) is 113 Å². The number of rotatable bonds is 4. The van der Waals surface area contributed by atoms with Crippen LogP contribution < -0.4 is 16.4 Å². The van der Waals surface area contributed by atoms with Crippen molar-refractivity contribution in [1.82, 2.24) is 20.8 Å². The van der Waals surface area contributed by atoms with Crippen molar-refractivity contribution in [2.45, 2.75) is 26.8 Å². The van der Waals surface area contributed by atoms with Crippen molar-refractivity contribution in [3.05, 3.63) is 11.4 Å². The van der Waals surface area contributed by atoms with E-state index in [9.17, 15) is 9.59 Å². The van der Waals surface area contributed by atoms with Crippen LogP contribution in [0.1, 0.15) is 30.0 Å². The Hall–Kier alpha value is -2.05. The van der Waals surface area contributed by atoms with Gasteiger partial charge in [0.25, 0.3) is 5.91 Å². The van der Waals surface area contributed by atoms with E-state index >= 15 is 0 Å². The van der Waals surface area contributed by atoms with Crippen LogP contribution in [0.25, 0.3) is 0 Å². The number of likely N-dealkylation sites (N-methyl/N-ethyl adjacent to an activating group) is 1. The summed E-state index contributed by atoms with van der Waals surface area (Å²) in [6.07, 6.45) is 0. The molecule has 1 aromatic rings. The summed E-state index contributed by atoms with van der Waals surface area (Å²) in [7, 11) is 0. The summed E-state index contributed by atoms with van der Waals surface area (Å²) < 4.78 is 0. The number of carbonyl (C=O) groups is 2. The Balaban J connectivity index is 2.67. The van der Waals surface area contributed by atoms with Gasteiger partial charge in [0.2, 0.25) is 5.91 Å². The van der Waals surface area contributed by atoms with Crippen molar-refractivity contribution in [3.8, 4) is 0 Å². The number of carbonyl (C=O) groups excluding carboxylic acids is 2. The molecule has 17 heavy (non-hydrogen) atoms. The molecule has 2 amide bonds. The van der Waals surface area contributed by atoms with Gasteiger partial charge in [0.15, 0.2) is 5.69 Å². The molecular weight excluding hydrogens is 222 g/mol. The molecule has 0 saturated heterocycles. The van der Waals surface area contributed by atoms with E-state index in [4.69, 9.17) is 5.73 Å². The number of hydrogen-bond acceptors (Lipinski definition) is 4. The third-order valence-electron chi connectivity index (χ3n) is 2.30. The molecule has 0 aliphatic carbocycles. The average Bonchev–Trinajstić information content (AvgIpc) is 2.60. The standard InChI is InChI=1S/C10H17N5O2/c1-4-12-9(16)6(3)13-10(17)8-7(11)5(2)14-15-8/h6H,4,11H2,1-3H3,(H,12,16)(H,13,17)(H,14,15). The lowest BCUT2D eigenvalue weighted by atomic mass is 10.2. The molecule has 1 rings (SSSR count). The Kier molecular flexibility index (Phi) is 4.08. The number of anilines is 1. The summed E-state index contributed by atoms with van der Waals surface area (Å²) in [5.74, 6) is -0.711. The molecule has 1 atom stereocenters. The highest BCUT2D eigenvalue weighted by molar-refractivity contribution is 6.00. The van der Waals surface area contributed by atoms with Crippen molar-refractivity contribution >= 4 is 17.5 Å². The van der Waals surface area contributed by atoms with Gasteiger partial charge >= 0.3 is 0 Å². The molecule has 0 spiro atoms. The number of amides is 2. The Morgan fingerprint density at radius 1 is 1.53 bits per heavy atom. The zero-order valence-corrected chi connectivity index (χ0v) is 10.1. The van der Waals surface area contributed by atoms with E-state index in [1.807, 2.05) is 6.92 Å². The first-order valence-electron chi connectivity index (χ1n) is 5.36. The summed E-state index contributed by atoms with van der Waals surface area (Å²) in [6.45, 7) is 5.63. The molecule has 0 saturated carbocycles. The van der Waals surface area contributed by atoms with Crippen molar-refractivity contribution < 1.29 is 9.59 Å². The van der Waals surface area contributed by atoms with E-state index in [0.717, 1.165) is 0 Å². The second kappa shape index (κ2) is 5.33. The van der Waals surface area contributed by atoms with Crippen molar-refractivity contribution in [2.75, 3.05) is 12.3 Å². The van der Waals surface area contributed by atoms with E-state index in [2.05, 4.69) is 20.8 Å². The van der Waals surface area contributed by atoms with Gasteiger partial charge in [-0.05, 0) is 20.8 Å². The summed E-state index contributed by atoms with van der Waals surface area (Å²) in [6, 6.07) is -0.626. The summed E-state index contributed by atoms with van der Waals surface area (Å²) in [5.41, 5.74) is 6.69. The first kappa shape index (κ1) is 13.0. The second-order valence-electron chi connectivity index (χ2n) is 3.70. The fourth-order valence-corrected chi connectivity index (χ4v) is 1.27. The van der Waals surface area contributed by atoms with Gasteiger partial charge < -0.3 is 16.4 Å². The molecule has 0 bridgehead atoms. The normalized spacial score (nSPS) is 11.9. The van der Waals surface area contributed by atoms with Crippen LogP contribution in [0.2, 0.25) is 0 Å². The van der Waals surface area contributed by atoms with Gasteiger partial charge in [0, 0.05) is 6.54 Å². The number of nitrogen functional groups attached to an aromatic ring is 1. The Labute approximate surface area is 99.1 Å². The van der Waals surface area contributed by atoms with Gasteiger partial charge in [-0.2, -0.15) is 5.10 Å². The van der Waals surface area contributed by atoms with Crippen LogP contribution in [0, 0.1) is 6.92 Å². The fraction of sp³-hybridized carbons (Fsp3) is 0.500. The molecule has 1 aromatic heterocycles. The molecule has 7 nitrogen and oxygen atoms in total. The van der Waals surface area contributed by atoms with Crippen LogP contribution in [0.5, 0.6) is 0 Å². The number of nitrogens with one attached hydrogen (secondary N) is 3. The number of nitrogens with two attached hydrogens (primary N) is 1. The van der Waals surface area contributed by atoms with Gasteiger partial charge in [-0.1, -0.05) is 0 Å². The van der Waals surface area contributed by atoms with Gasteiger partial charge in [-0.15, -0.1) is 0 Å². The molecule has 0 fully saturated rings. The Bertz CT molecular complexity index is 426. The lowest BCUT2D eigenvalue weighted by Crippen LogP contribution is -2.44. The summed E-state index contributed by atoms with van der Waals surface area (Å²) >= 11 is 0. The third-order valence-corrected chi connectivity index (χ3v) is 2.30. The third kappa shape index (κ3) is 2.96. The Morgan fingerprint density at radius 3 is 2.65 bits per heavy atom. The number of aromatic nitrogens is 2. The number of H-pyrrole nitrogens is 1. The van der Waals surface area contributed by atoms with Crippen LogP contribution >= 0.6 is 0 Å². The van der Waals surface area contributed by atoms with Crippen LogP contribution in [0.3, 0.4) is 0 Å². The van der Waals surface area contributed by atoms with E-state index in [1.54, 1.807) is 13.8 Å². The lowest BCUT2D eigenvalue weighted by molar-refractivity contribution is -0.122. The van der Waals surface area contributed by atoms with E-state index < -0.39 is 11.9 Å². The van der Waals surface area contributed by atoms with Crippen molar-refractivity contribution in [3.63, 3.8) is 0 Å². The van der Waals surface area contributed by atoms with E-state index in [-0.39, 0.29) is 11.6 Å². The molecule has 1 heterocycles. The van der Waals surface area contributed by atoms with Crippen molar-refractivity contribution in [2.24, 2.45) is 0 Å². The molecule has 0 radical (unpaired) electrons. The minimum absolute atomic E-state index is 0.110. The maximum absolute atomic E-state index is 11.7. The number of nitrogens with zero attached hydrogens (tertiary/aromatic N) is 1. The van der Waals surface area contributed by atoms with Gasteiger partial charge in [-0.3, -0.25) is 14.7 Å². The quantitative estimate of drug-likeness (QED) is 0.570. The largest absolute Gasteiger partial charge is 0.395 e. The molecule has 0 aliphatic rings. The predicted molar refractivity (Wildman–Crippen MR) is 63.3 cm³/mol. The molecule has 1 unspecified atom stereocenters. The van der Waals surface area contributed by atoms with Crippen molar-refractivity contribution in [1.29, 1.82) is 0 Å². The summed E-state index contributed by atoms with van der Waals surface area (Å²) in [4.78, 5) is 23.2. The fourth-order valence-electron chi connectivity index (χ4n) is 1.27. The van der Waals surface area contributed by atoms with E-state index in [1.165, 1.54) is 0 Å². The highest BCUT2D eigenvalue weighted by atomic mass is 16.2. The zero-order valence-electron chi connectivity index (χ0n) is 10.1. The second-order valence-corrected chi connectivity index (χ2v) is 3.70. The zero-order chi connectivity index (χ0) is 13.0. The molecule has 5 N–H and O–H groups in total. The predicted octanol–water partition coefficient (Wildman–Crippen LogP) is -0.445. The Morgan fingerprint density at radius 2 is 2.18 bits per heavy atom. The average molecular weight is 239 g/mol. The van der Waals surface area contributed by atoms with E-state index in [0.29, 0.717) is 17.9 Å². The molecule has 94 valence electrons. The molecule has 0 aliphatic heterocycles. The lowest BCUT2D eigenvalue weighted by Gasteiger charge is -2.12. The first-order chi connectivity index (χ1) is 7.97. The number of aryl methyl sites for hydroxylation is 1. The van der Waals surface area contributed by atoms with Crippen LogP contribution in [-0.2, 0) is 4.79 Å². The minimum Gasteiger partial charge on any atom is -0.395 e. The van der Waals surface area contributed by atoms with Crippen LogP contribution in [0.15, 0.2) is 0 Å². The highest BCUT2D eigenvalue weighted by Crippen LogP contribution is 2.11. The number of aromatic amines is 1. The van der Waals surface area contributed by atoms with Gasteiger partial charge in [-0.25, -0.2) is 0 Å². The van der Waals surface area contributed by atoms with Crippen LogP contribution in [-0.4, -0.2) is 34.6 Å². The van der Waals surface area contributed by atoms with Crippen LogP contribution in [0.4, 0.5) is 5.69 Å². The molecular formula is C10H17N5O2.